The number of unbranched alkanes of at least 4 members (excludes halogenated alkanes) is 1. The Bertz CT molecular complexity index is 1470. The van der Waals surface area contributed by atoms with E-state index in [2.05, 4.69) is 10.1 Å². The normalized spacial score (nSPS) is 12.3. The average molecular weight is 501 g/mol. The average Bonchev–Trinajstić information content (AvgIpc) is 3.21. The van der Waals surface area contributed by atoms with Gasteiger partial charge in [0.15, 0.2) is 0 Å². The number of hydrogen-bond donors (Lipinski definition) is 1. The fourth-order valence-electron chi connectivity index (χ4n) is 3.55. The van der Waals surface area contributed by atoms with Gasteiger partial charge >= 0.3 is 11.9 Å². The number of carbonyl (C=O) groups excluding carboxylic acids is 1. The van der Waals surface area contributed by atoms with E-state index in [1.807, 2.05) is 0 Å². The van der Waals surface area contributed by atoms with Crippen LogP contribution >= 0.6 is 0 Å². The molecular formula is C20H22F3N5O5S. The lowest BCUT2D eigenvalue weighted by Crippen LogP contribution is -2.55. The number of amides is 1. The van der Waals surface area contributed by atoms with Crippen molar-refractivity contribution in [3.63, 3.8) is 0 Å². The van der Waals surface area contributed by atoms with Crippen molar-refractivity contribution < 1.29 is 26.4 Å². The molecule has 10 nitrogen and oxygen atoms in total. The van der Waals surface area contributed by atoms with Crippen molar-refractivity contribution in [2.24, 2.45) is 0 Å². The second-order valence-electron chi connectivity index (χ2n) is 7.52. The number of nitrogens with one attached hydrogen (secondary N) is 1. The first kappa shape index (κ1) is 25.2. The number of hydrogen-bond acceptors (Lipinski definition) is 6. The smallest absolute Gasteiger partial charge is 0.305 e. The minimum atomic E-state index is -4.84. The first-order chi connectivity index (χ1) is 15.8. The van der Waals surface area contributed by atoms with Crippen LogP contribution in [0.4, 0.5) is 13.2 Å². The van der Waals surface area contributed by atoms with Crippen molar-refractivity contribution in [1.82, 2.24) is 19.4 Å². The molecule has 3 rings (SSSR count). The lowest BCUT2D eigenvalue weighted by molar-refractivity contribution is -0.137. The number of sulfonamides is 1. The van der Waals surface area contributed by atoms with Gasteiger partial charge in [0.05, 0.1) is 28.4 Å². The second kappa shape index (κ2) is 9.08. The van der Waals surface area contributed by atoms with Crippen LogP contribution in [0.5, 0.6) is 0 Å². The number of halogens is 3. The SMILES string of the molecule is CCCCC(=O)N(n1c(=O)[nH]c2cc(C(F)(F)F)c(-c3ccnn3CC)cc2c1=O)S(C)(=O)=O. The Labute approximate surface area is 191 Å². The maximum absolute atomic E-state index is 13.9. The summed E-state index contributed by atoms with van der Waals surface area (Å²) in [5.74, 6) is -1.02. The summed E-state index contributed by atoms with van der Waals surface area (Å²) < 4.78 is 67.7. The molecule has 184 valence electrons. The third-order valence-electron chi connectivity index (χ3n) is 5.07. The molecule has 2 aromatic heterocycles. The molecular weight excluding hydrogens is 479 g/mol. The summed E-state index contributed by atoms with van der Waals surface area (Å²) in [4.78, 5) is 40.6. The number of alkyl halides is 3. The summed E-state index contributed by atoms with van der Waals surface area (Å²) in [7, 11) is -4.42. The third kappa shape index (κ3) is 4.62. The van der Waals surface area contributed by atoms with Gasteiger partial charge < -0.3 is 4.98 Å². The summed E-state index contributed by atoms with van der Waals surface area (Å²) >= 11 is 0. The Kier molecular flexibility index (Phi) is 6.73. The monoisotopic (exact) mass is 501 g/mol. The molecule has 0 aliphatic rings. The van der Waals surface area contributed by atoms with Gasteiger partial charge in [0.25, 0.3) is 21.5 Å². The predicted octanol–water partition coefficient (Wildman–Crippen LogP) is 2.21. The molecule has 1 aromatic carbocycles. The Morgan fingerprint density at radius 1 is 1.21 bits per heavy atom. The lowest BCUT2D eigenvalue weighted by Gasteiger charge is -2.21. The van der Waals surface area contributed by atoms with Crippen LogP contribution < -0.4 is 15.7 Å². The van der Waals surface area contributed by atoms with E-state index in [-0.39, 0.29) is 27.7 Å². The van der Waals surface area contributed by atoms with Gasteiger partial charge in [0.1, 0.15) is 0 Å². The largest absolute Gasteiger partial charge is 0.417 e. The summed E-state index contributed by atoms with van der Waals surface area (Å²) in [6.07, 6.45) is -2.32. The molecule has 0 atom stereocenters. The number of fused-ring (bicyclic) bond motifs is 1. The fourth-order valence-corrected chi connectivity index (χ4v) is 4.45. The molecule has 0 unspecified atom stereocenters. The molecule has 0 saturated carbocycles. The zero-order valence-corrected chi connectivity index (χ0v) is 19.3. The predicted molar refractivity (Wildman–Crippen MR) is 118 cm³/mol. The molecule has 0 spiro atoms. The highest BCUT2D eigenvalue weighted by Gasteiger charge is 2.36. The lowest BCUT2D eigenvalue weighted by atomic mass is 10.0. The van der Waals surface area contributed by atoms with Gasteiger partial charge in [0.2, 0.25) is 0 Å². The first-order valence-electron chi connectivity index (χ1n) is 10.3. The van der Waals surface area contributed by atoms with Crippen LogP contribution in [-0.2, 0) is 27.5 Å². The first-order valence-corrected chi connectivity index (χ1v) is 12.1. The van der Waals surface area contributed by atoms with E-state index in [4.69, 9.17) is 0 Å². The fraction of sp³-hybridized carbons (Fsp3) is 0.400. The number of rotatable bonds is 7. The maximum Gasteiger partial charge on any atom is 0.417 e. The van der Waals surface area contributed by atoms with Crippen LogP contribution in [-0.4, -0.2) is 40.0 Å². The van der Waals surface area contributed by atoms with Crippen LogP contribution in [0.2, 0.25) is 0 Å². The van der Waals surface area contributed by atoms with Crippen molar-refractivity contribution in [2.45, 2.75) is 45.8 Å². The number of aromatic amines is 1. The van der Waals surface area contributed by atoms with Gasteiger partial charge in [-0.05, 0) is 31.5 Å². The second-order valence-corrected chi connectivity index (χ2v) is 9.34. The molecule has 1 N–H and O–H groups in total. The molecule has 0 saturated heterocycles. The van der Waals surface area contributed by atoms with E-state index < -0.39 is 55.4 Å². The molecule has 0 aliphatic heterocycles. The molecule has 3 aromatic rings. The molecule has 34 heavy (non-hydrogen) atoms. The van der Waals surface area contributed by atoms with Gasteiger partial charge in [0, 0.05) is 24.7 Å². The van der Waals surface area contributed by atoms with Gasteiger partial charge in [-0.25, -0.2) is 13.2 Å². The van der Waals surface area contributed by atoms with Gasteiger partial charge in [-0.3, -0.25) is 14.3 Å². The zero-order chi connectivity index (χ0) is 25.4. The molecule has 0 bridgehead atoms. The van der Waals surface area contributed by atoms with Crippen LogP contribution in [0.25, 0.3) is 22.2 Å². The minimum Gasteiger partial charge on any atom is -0.305 e. The molecule has 0 radical (unpaired) electrons. The Balaban J connectivity index is 2.40. The van der Waals surface area contributed by atoms with E-state index >= 15 is 0 Å². The van der Waals surface area contributed by atoms with Crippen molar-refractivity contribution in [3.8, 4) is 11.3 Å². The van der Waals surface area contributed by atoms with Gasteiger partial charge in [-0.1, -0.05) is 13.3 Å². The standard InChI is InChI=1S/C20H22F3N5O5S/c1-4-6-7-17(29)28(34(3,32)33)27-18(30)13-10-12(16-8-9-24-26(16)5-2)14(20(21,22)23)11-15(13)25-19(27)31/h8-11H,4-7H2,1-3H3,(H,25,31). The number of carbonyl (C=O) groups is 1. The van der Waals surface area contributed by atoms with E-state index in [1.165, 1.54) is 16.9 Å². The highest BCUT2D eigenvalue weighted by Crippen LogP contribution is 2.38. The minimum absolute atomic E-state index is 0.0525. The van der Waals surface area contributed by atoms with Crippen molar-refractivity contribution in [3.05, 3.63) is 50.8 Å². The van der Waals surface area contributed by atoms with Gasteiger partial charge in [-0.15, -0.1) is 9.09 Å². The molecule has 1 amide bonds. The number of aromatic nitrogens is 4. The summed E-state index contributed by atoms with van der Waals surface area (Å²) in [6.45, 7) is 3.66. The summed E-state index contributed by atoms with van der Waals surface area (Å²) in [5.41, 5.74) is -4.54. The highest BCUT2D eigenvalue weighted by atomic mass is 32.2. The number of benzene rings is 1. The third-order valence-corrected chi connectivity index (χ3v) is 6.06. The molecule has 14 heteroatoms. The Morgan fingerprint density at radius 3 is 2.44 bits per heavy atom. The number of H-pyrrole nitrogens is 1. The van der Waals surface area contributed by atoms with Crippen LogP contribution in [0.1, 0.15) is 38.7 Å². The maximum atomic E-state index is 13.9. The summed E-state index contributed by atoms with van der Waals surface area (Å²) in [5, 5.41) is 3.54. The van der Waals surface area contributed by atoms with Crippen LogP contribution in [0.15, 0.2) is 34.0 Å². The Hall–Kier alpha value is -3.42. The number of nitrogens with zero attached hydrogens (tertiary/aromatic N) is 4. The Morgan fingerprint density at radius 2 is 1.88 bits per heavy atom. The van der Waals surface area contributed by atoms with E-state index in [0.29, 0.717) is 25.2 Å². The number of aryl methyl sites for hydroxylation is 1. The molecule has 2 heterocycles. The summed E-state index contributed by atoms with van der Waals surface area (Å²) in [6, 6.07) is 2.85. The van der Waals surface area contributed by atoms with Crippen molar-refractivity contribution in [1.29, 1.82) is 0 Å². The van der Waals surface area contributed by atoms with Gasteiger partial charge in [-0.2, -0.15) is 18.3 Å². The van der Waals surface area contributed by atoms with Crippen molar-refractivity contribution in [2.75, 3.05) is 10.7 Å². The van der Waals surface area contributed by atoms with E-state index in [9.17, 15) is 36.0 Å². The topological polar surface area (TPSA) is 127 Å². The molecule has 0 fully saturated rings. The van der Waals surface area contributed by atoms with Crippen LogP contribution in [0, 0.1) is 0 Å². The molecule has 0 aliphatic carbocycles. The quantitative estimate of drug-likeness (QED) is 0.529. The van der Waals surface area contributed by atoms with E-state index in [0.717, 1.165) is 6.07 Å². The van der Waals surface area contributed by atoms with Crippen LogP contribution in [0.3, 0.4) is 0 Å². The van der Waals surface area contributed by atoms with Crippen molar-refractivity contribution >= 4 is 26.8 Å². The zero-order valence-electron chi connectivity index (χ0n) is 18.5. The van der Waals surface area contributed by atoms with E-state index in [1.54, 1.807) is 13.8 Å². The highest BCUT2D eigenvalue weighted by molar-refractivity contribution is 7.92.